The van der Waals surface area contributed by atoms with E-state index in [4.69, 9.17) is 4.74 Å². The predicted octanol–water partition coefficient (Wildman–Crippen LogP) is 2.34. The minimum atomic E-state index is 0.410. The van der Waals surface area contributed by atoms with Crippen LogP contribution < -0.4 is 5.32 Å². The number of nitrogens with zero attached hydrogens (tertiary/aromatic N) is 4. The molecule has 6 nitrogen and oxygen atoms in total. The van der Waals surface area contributed by atoms with Crippen LogP contribution in [0.2, 0.25) is 0 Å². The third kappa shape index (κ3) is 4.12. The summed E-state index contributed by atoms with van der Waals surface area (Å²) in [6.07, 6.45) is 2.67. The molecular formula is C13H17N5OS2. The highest BCUT2D eigenvalue weighted by molar-refractivity contribution is 8.01. The van der Waals surface area contributed by atoms with Crippen molar-refractivity contribution in [3.8, 4) is 0 Å². The largest absolute Gasteiger partial charge is 0.381 e. The van der Waals surface area contributed by atoms with E-state index in [1.54, 1.807) is 29.4 Å². The lowest BCUT2D eigenvalue weighted by Gasteiger charge is -2.09. The molecular weight excluding hydrogens is 306 g/mol. The lowest BCUT2D eigenvalue weighted by molar-refractivity contribution is 0.193. The number of aromatic nitrogens is 4. The summed E-state index contributed by atoms with van der Waals surface area (Å²) in [6, 6.07) is 2.03. The van der Waals surface area contributed by atoms with Gasteiger partial charge in [-0.1, -0.05) is 23.1 Å². The molecule has 1 aliphatic heterocycles. The van der Waals surface area contributed by atoms with Gasteiger partial charge in [0.1, 0.15) is 17.2 Å². The number of rotatable bonds is 6. The smallest absolute Gasteiger partial charge is 0.174 e. The van der Waals surface area contributed by atoms with Crippen LogP contribution >= 0.6 is 23.1 Å². The van der Waals surface area contributed by atoms with Crippen LogP contribution in [0.3, 0.4) is 0 Å². The summed E-state index contributed by atoms with van der Waals surface area (Å²) in [7, 11) is 0. The third-order valence-electron chi connectivity index (χ3n) is 3.18. The molecule has 21 heavy (non-hydrogen) atoms. The minimum absolute atomic E-state index is 0.410. The lowest BCUT2D eigenvalue weighted by Crippen LogP contribution is -2.08. The van der Waals surface area contributed by atoms with Crippen molar-refractivity contribution in [2.75, 3.05) is 30.8 Å². The molecule has 1 aliphatic rings. The first-order chi connectivity index (χ1) is 10.3. The number of aryl methyl sites for hydroxylation is 1. The first-order valence-electron chi connectivity index (χ1n) is 6.88. The molecule has 0 radical (unpaired) electrons. The van der Waals surface area contributed by atoms with Gasteiger partial charge in [-0.05, 0) is 13.3 Å². The maximum Gasteiger partial charge on any atom is 0.174 e. The van der Waals surface area contributed by atoms with Crippen molar-refractivity contribution in [3.05, 3.63) is 23.1 Å². The molecule has 1 fully saturated rings. The van der Waals surface area contributed by atoms with Crippen molar-refractivity contribution in [2.45, 2.75) is 23.6 Å². The number of thioether (sulfide) groups is 1. The summed E-state index contributed by atoms with van der Waals surface area (Å²) in [5.74, 6) is 2.22. The zero-order valence-electron chi connectivity index (χ0n) is 11.8. The average Bonchev–Trinajstić information content (AvgIpc) is 3.16. The molecule has 1 N–H and O–H groups in total. The van der Waals surface area contributed by atoms with Crippen molar-refractivity contribution >= 4 is 28.9 Å². The molecule has 1 saturated heterocycles. The molecule has 2 aromatic rings. The van der Waals surface area contributed by atoms with Gasteiger partial charge < -0.3 is 10.1 Å². The fourth-order valence-electron chi connectivity index (χ4n) is 2.11. The van der Waals surface area contributed by atoms with Gasteiger partial charge in [-0.2, -0.15) is 0 Å². The van der Waals surface area contributed by atoms with Crippen LogP contribution in [0.4, 0.5) is 5.82 Å². The molecule has 0 amide bonds. The molecule has 2 aromatic heterocycles. The quantitative estimate of drug-likeness (QED) is 0.646. The summed E-state index contributed by atoms with van der Waals surface area (Å²) in [5.41, 5.74) is 1.07. The average molecular weight is 323 g/mol. The van der Waals surface area contributed by atoms with Crippen LogP contribution in [-0.4, -0.2) is 45.7 Å². The van der Waals surface area contributed by atoms with E-state index in [0.717, 1.165) is 52.8 Å². The van der Waals surface area contributed by atoms with Gasteiger partial charge in [0.15, 0.2) is 4.34 Å². The zero-order valence-corrected chi connectivity index (χ0v) is 13.4. The standard InChI is InChI=1S/C13H17N5OS2/c1-9-17-18-13(21-9)20-5-3-14-12-6-11(15-8-16-12)10-2-4-19-7-10/h6,8,10H,2-5,7H2,1H3,(H,14,15,16)/t10-/m0/s1. The fraction of sp³-hybridized carbons (Fsp3) is 0.538. The van der Waals surface area contributed by atoms with Gasteiger partial charge >= 0.3 is 0 Å². The maximum atomic E-state index is 5.41. The van der Waals surface area contributed by atoms with E-state index in [1.165, 1.54) is 0 Å². The lowest BCUT2D eigenvalue weighted by atomic mass is 10.1. The van der Waals surface area contributed by atoms with Crippen molar-refractivity contribution in [1.82, 2.24) is 20.2 Å². The van der Waals surface area contributed by atoms with Crippen molar-refractivity contribution < 1.29 is 4.74 Å². The summed E-state index contributed by atoms with van der Waals surface area (Å²) >= 11 is 3.34. The Morgan fingerprint density at radius 3 is 3.14 bits per heavy atom. The monoisotopic (exact) mass is 323 g/mol. The van der Waals surface area contributed by atoms with Gasteiger partial charge in [-0.3, -0.25) is 0 Å². The van der Waals surface area contributed by atoms with Crippen LogP contribution in [0.1, 0.15) is 23.0 Å². The van der Waals surface area contributed by atoms with Gasteiger partial charge in [-0.15, -0.1) is 10.2 Å². The highest BCUT2D eigenvalue weighted by atomic mass is 32.2. The van der Waals surface area contributed by atoms with Crippen LogP contribution in [0, 0.1) is 6.92 Å². The molecule has 0 unspecified atom stereocenters. The van der Waals surface area contributed by atoms with Gasteiger partial charge in [-0.25, -0.2) is 9.97 Å². The van der Waals surface area contributed by atoms with E-state index in [9.17, 15) is 0 Å². The van der Waals surface area contributed by atoms with E-state index < -0.39 is 0 Å². The Hall–Kier alpha value is -1.25. The number of hydrogen-bond acceptors (Lipinski definition) is 8. The summed E-state index contributed by atoms with van der Waals surface area (Å²) in [6.45, 7) is 4.40. The number of anilines is 1. The Bertz CT molecular complexity index is 585. The minimum Gasteiger partial charge on any atom is -0.381 e. The first-order valence-corrected chi connectivity index (χ1v) is 8.68. The highest BCUT2D eigenvalue weighted by Crippen LogP contribution is 2.24. The first kappa shape index (κ1) is 14.7. The Morgan fingerprint density at radius 1 is 1.43 bits per heavy atom. The molecule has 0 saturated carbocycles. The van der Waals surface area contributed by atoms with E-state index in [0.29, 0.717) is 5.92 Å². The topological polar surface area (TPSA) is 72.8 Å². The molecule has 0 bridgehead atoms. The second-order valence-electron chi connectivity index (χ2n) is 4.75. The zero-order chi connectivity index (χ0) is 14.5. The van der Waals surface area contributed by atoms with E-state index in [-0.39, 0.29) is 0 Å². The summed E-state index contributed by atoms with van der Waals surface area (Å²) < 4.78 is 6.42. The van der Waals surface area contributed by atoms with Crippen LogP contribution in [-0.2, 0) is 4.74 Å². The number of nitrogens with one attached hydrogen (secondary N) is 1. The van der Waals surface area contributed by atoms with Crippen molar-refractivity contribution in [3.63, 3.8) is 0 Å². The second kappa shape index (κ2) is 7.15. The fourth-order valence-corrected chi connectivity index (χ4v) is 3.86. The molecule has 3 heterocycles. The predicted molar refractivity (Wildman–Crippen MR) is 84.1 cm³/mol. The highest BCUT2D eigenvalue weighted by Gasteiger charge is 2.19. The van der Waals surface area contributed by atoms with Gasteiger partial charge in [0.2, 0.25) is 0 Å². The Labute approximate surface area is 131 Å². The van der Waals surface area contributed by atoms with Crippen LogP contribution in [0.25, 0.3) is 0 Å². The molecule has 0 aliphatic carbocycles. The second-order valence-corrected chi connectivity index (χ2v) is 7.27. The molecule has 112 valence electrons. The van der Waals surface area contributed by atoms with Gasteiger partial charge in [0.25, 0.3) is 0 Å². The van der Waals surface area contributed by atoms with Gasteiger partial charge in [0, 0.05) is 30.9 Å². The molecule has 3 rings (SSSR count). The van der Waals surface area contributed by atoms with E-state index >= 15 is 0 Å². The molecule has 0 spiro atoms. The van der Waals surface area contributed by atoms with Crippen molar-refractivity contribution in [2.24, 2.45) is 0 Å². The maximum absolute atomic E-state index is 5.41. The van der Waals surface area contributed by atoms with Crippen molar-refractivity contribution in [1.29, 1.82) is 0 Å². The van der Waals surface area contributed by atoms with Crippen LogP contribution in [0.15, 0.2) is 16.7 Å². The normalized spacial score (nSPS) is 18.0. The van der Waals surface area contributed by atoms with E-state index in [1.807, 2.05) is 13.0 Å². The number of ether oxygens (including phenoxy) is 1. The summed E-state index contributed by atoms with van der Waals surface area (Å²) in [5, 5.41) is 12.4. The molecule has 0 aromatic carbocycles. The third-order valence-corrected chi connectivity index (χ3v) is 5.15. The van der Waals surface area contributed by atoms with Gasteiger partial charge in [0.05, 0.1) is 12.3 Å². The Balaban J connectivity index is 1.47. The molecule has 1 atom stereocenters. The number of hydrogen-bond donors (Lipinski definition) is 1. The molecule has 8 heteroatoms. The Kier molecular flexibility index (Phi) is 5.00. The SMILES string of the molecule is Cc1nnc(SCCNc2cc([C@H]3CCOC3)ncn2)s1. The van der Waals surface area contributed by atoms with E-state index in [2.05, 4.69) is 25.5 Å². The summed E-state index contributed by atoms with van der Waals surface area (Å²) in [4.78, 5) is 8.61. The Morgan fingerprint density at radius 2 is 2.38 bits per heavy atom. The van der Waals surface area contributed by atoms with Crippen LogP contribution in [0.5, 0.6) is 0 Å².